The maximum Gasteiger partial charge on any atom is 0.355 e. The lowest BCUT2D eigenvalue weighted by Crippen LogP contribution is -2.11. The van der Waals surface area contributed by atoms with Gasteiger partial charge < -0.3 is 9.30 Å². The van der Waals surface area contributed by atoms with E-state index in [0.717, 1.165) is 5.52 Å². The van der Waals surface area contributed by atoms with E-state index in [1.807, 2.05) is 0 Å². The Balaban J connectivity index is 2.76. The molecule has 0 saturated carbocycles. The summed E-state index contributed by atoms with van der Waals surface area (Å²) in [5.74, 6) is -0.505. The molecule has 0 N–H and O–H groups in total. The van der Waals surface area contributed by atoms with Crippen LogP contribution in [0, 0.1) is 0 Å². The Hall–Kier alpha value is -1.81. The highest BCUT2D eigenvalue weighted by Crippen LogP contribution is 2.27. The summed E-state index contributed by atoms with van der Waals surface area (Å²) < 4.78 is 6.61. The number of hydrogen-bond donors (Lipinski definition) is 0. The lowest BCUT2D eigenvalue weighted by molar-refractivity contribution is 0.0513. The zero-order valence-corrected chi connectivity index (χ0v) is 10.8. The van der Waals surface area contributed by atoms with Gasteiger partial charge >= 0.3 is 5.97 Å². The third-order valence-corrected chi connectivity index (χ3v) is 3.02. The van der Waals surface area contributed by atoms with Crippen LogP contribution in [0.4, 0.5) is 0 Å². The third kappa shape index (κ3) is 1.88. The molecule has 0 aliphatic heterocycles. The van der Waals surface area contributed by atoms with Crippen molar-refractivity contribution in [1.82, 2.24) is 4.57 Å². The van der Waals surface area contributed by atoms with Gasteiger partial charge in [0, 0.05) is 23.0 Å². The van der Waals surface area contributed by atoms with E-state index >= 15 is 0 Å². The molecular formula is C13H12ClNO3. The number of nitrogens with zero attached hydrogens (tertiary/aromatic N) is 1. The molecule has 5 heteroatoms. The summed E-state index contributed by atoms with van der Waals surface area (Å²) in [5, 5.41) is 1.18. The van der Waals surface area contributed by atoms with Crippen molar-refractivity contribution in [3.63, 3.8) is 0 Å². The maximum atomic E-state index is 11.9. The summed E-state index contributed by atoms with van der Waals surface area (Å²) in [6.07, 6.45) is 0.658. The largest absolute Gasteiger partial charge is 0.461 e. The van der Waals surface area contributed by atoms with Crippen molar-refractivity contribution >= 4 is 34.8 Å². The van der Waals surface area contributed by atoms with Crippen LogP contribution in [0.15, 0.2) is 18.2 Å². The zero-order chi connectivity index (χ0) is 13.3. The van der Waals surface area contributed by atoms with Gasteiger partial charge in [0.2, 0.25) is 0 Å². The normalized spacial score (nSPS) is 10.6. The number of esters is 1. The monoisotopic (exact) mass is 265 g/mol. The molecule has 0 aliphatic carbocycles. The van der Waals surface area contributed by atoms with Gasteiger partial charge in [0.05, 0.1) is 12.2 Å². The Labute approximate surface area is 109 Å². The van der Waals surface area contributed by atoms with Crippen molar-refractivity contribution < 1.29 is 14.3 Å². The molecule has 1 aromatic heterocycles. The predicted molar refractivity (Wildman–Crippen MR) is 69.3 cm³/mol. The van der Waals surface area contributed by atoms with E-state index in [0.29, 0.717) is 22.3 Å². The molecule has 0 amide bonds. The average Bonchev–Trinajstić information content (AvgIpc) is 2.61. The van der Waals surface area contributed by atoms with Crippen molar-refractivity contribution in [2.24, 2.45) is 7.05 Å². The van der Waals surface area contributed by atoms with E-state index in [9.17, 15) is 9.59 Å². The quantitative estimate of drug-likeness (QED) is 0.633. The molecule has 0 spiro atoms. The summed E-state index contributed by atoms with van der Waals surface area (Å²) in [4.78, 5) is 23.1. The summed E-state index contributed by atoms with van der Waals surface area (Å²) in [6.45, 7) is 1.98. The molecule has 0 unspecified atom stereocenters. The Morgan fingerprint density at radius 1 is 1.50 bits per heavy atom. The fourth-order valence-electron chi connectivity index (χ4n) is 2.01. The Morgan fingerprint density at radius 2 is 2.22 bits per heavy atom. The van der Waals surface area contributed by atoms with E-state index in [2.05, 4.69) is 0 Å². The first-order chi connectivity index (χ1) is 8.60. The SMILES string of the molecule is CCOC(=O)c1c(C=O)c2cc(Cl)ccc2n1C. The number of aryl methyl sites for hydroxylation is 1. The molecule has 2 rings (SSSR count). The van der Waals surface area contributed by atoms with E-state index < -0.39 is 5.97 Å². The minimum Gasteiger partial charge on any atom is -0.461 e. The fraction of sp³-hybridized carbons (Fsp3) is 0.231. The minimum absolute atomic E-state index is 0.254. The summed E-state index contributed by atoms with van der Waals surface area (Å²) >= 11 is 5.91. The van der Waals surface area contributed by atoms with Crippen molar-refractivity contribution in [3.05, 3.63) is 34.5 Å². The molecular weight excluding hydrogens is 254 g/mol. The van der Waals surface area contributed by atoms with Crippen LogP contribution >= 0.6 is 11.6 Å². The fourth-order valence-corrected chi connectivity index (χ4v) is 2.18. The van der Waals surface area contributed by atoms with Crippen molar-refractivity contribution in [2.75, 3.05) is 6.61 Å². The molecule has 2 aromatic rings. The number of aldehydes is 1. The van der Waals surface area contributed by atoms with Crippen LogP contribution in [0.25, 0.3) is 10.9 Å². The van der Waals surface area contributed by atoms with Crippen LogP contribution in [-0.4, -0.2) is 23.4 Å². The van der Waals surface area contributed by atoms with E-state index in [1.54, 1.807) is 36.7 Å². The lowest BCUT2D eigenvalue weighted by atomic mass is 10.1. The molecule has 94 valence electrons. The lowest BCUT2D eigenvalue weighted by Gasteiger charge is -2.04. The van der Waals surface area contributed by atoms with E-state index in [-0.39, 0.29) is 12.3 Å². The number of carbonyl (C=O) groups is 2. The second-order valence-electron chi connectivity index (χ2n) is 3.82. The molecule has 1 aromatic carbocycles. The number of halogens is 1. The highest BCUT2D eigenvalue weighted by atomic mass is 35.5. The predicted octanol–water partition coefficient (Wildman–Crippen LogP) is 2.82. The van der Waals surface area contributed by atoms with Crippen LogP contribution in [0.2, 0.25) is 5.02 Å². The van der Waals surface area contributed by atoms with Gasteiger partial charge in [-0.05, 0) is 25.1 Å². The summed E-state index contributed by atoms with van der Waals surface area (Å²) in [5.41, 5.74) is 1.34. The summed E-state index contributed by atoms with van der Waals surface area (Å²) in [6, 6.07) is 5.16. The van der Waals surface area contributed by atoms with Gasteiger partial charge in [0.25, 0.3) is 0 Å². The minimum atomic E-state index is -0.505. The molecule has 0 fully saturated rings. The smallest absolute Gasteiger partial charge is 0.355 e. The molecule has 1 heterocycles. The number of fused-ring (bicyclic) bond motifs is 1. The standard InChI is InChI=1S/C13H12ClNO3/c1-3-18-13(17)12-10(7-16)9-6-8(14)4-5-11(9)15(12)2/h4-7H,3H2,1-2H3. The number of aromatic nitrogens is 1. The number of ether oxygens (including phenoxy) is 1. The Morgan fingerprint density at radius 3 is 2.83 bits per heavy atom. The van der Waals surface area contributed by atoms with Crippen molar-refractivity contribution in [3.8, 4) is 0 Å². The topological polar surface area (TPSA) is 48.3 Å². The number of benzene rings is 1. The van der Waals surface area contributed by atoms with E-state index in [1.165, 1.54) is 0 Å². The average molecular weight is 266 g/mol. The van der Waals surface area contributed by atoms with Gasteiger partial charge in [0.1, 0.15) is 5.69 Å². The van der Waals surface area contributed by atoms with Crippen molar-refractivity contribution in [1.29, 1.82) is 0 Å². The number of rotatable bonds is 3. The van der Waals surface area contributed by atoms with Crippen LogP contribution in [0.5, 0.6) is 0 Å². The first kappa shape index (κ1) is 12.6. The number of hydrogen-bond acceptors (Lipinski definition) is 3. The first-order valence-corrected chi connectivity index (χ1v) is 5.88. The van der Waals surface area contributed by atoms with Gasteiger partial charge in [-0.15, -0.1) is 0 Å². The van der Waals surface area contributed by atoms with Gasteiger partial charge in [-0.3, -0.25) is 4.79 Å². The molecule has 0 atom stereocenters. The van der Waals surface area contributed by atoms with E-state index in [4.69, 9.17) is 16.3 Å². The Bertz CT molecular complexity index is 631. The second-order valence-corrected chi connectivity index (χ2v) is 4.26. The van der Waals surface area contributed by atoms with Crippen LogP contribution in [-0.2, 0) is 11.8 Å². The van der Waals surface area contributed by atoms with Crippen LogP contribution < -0.4 is 0 Å². The molecule has 0 radical (unpaired) electrons. The van der Waals surface area contributed by atoms with Gasteiger partial charge in [0.15, 0.2) is 6.29 Å². The van der Waals surface area contributed by atoms with Gasteiger partial charge in [-0.1, -0.05) is 11.6 Å². The van der Waals surface area contributed by atoms with Crippen LogP contribution in [0.1, 0.15) is 27.8 Å². The van der Waals surface area contributed by atoms with Crippen LogP contribution in [0.3, 0.4) is 0 Å². The number of carbonyl (C=O) groups excluding carboxylic acids is 2. The molecule has 0 aliphatic rings. The molecule has 4 nitrogen and oxygen atoms in total. The summed E-state index contributed by atoms with van der Waals surface area (Å²) in [7, 11) is 1.72. The van der Waals surface area contributed by atoms with Gasteiger partial charge in [-0.25, -0.2) is 4.79 Å². The molecule has 0 saturated heterocycles. The maximum absolute atomic E-state index is 11.9. The van der Waals surface area contributed by atoms with Crippen molar-refractivity contribution in [2.45, 2.75) is 6.92 Å². The highest BCUT2D eigenvalue weighted by molar-refractivity contribution is 6.31. The third-order valence-electron chi connectivity index (χ3n) is 2.79. The second kappa shape index (κ2) is 4.82. The first-order valence-electron chi connectivity index (χ1n) is 5.50. The zero-order valence-electron chi connectivity index (χ0n) is 10.1. The van der Waals surface area contributed by atoms with Gasteiger partial charge in [-0.2, -0.15) is 0 Å². The molecule has 0 bridgehead atoms. The molecule has 18 heavy (non-hydrogen) atoms. The highest BCUT2D eigenvalue weighted by Gasteiger charge is 2.21. The Kier molecular flexibility index (Phi) is 3.39.